The van der Waals surface area contributed by atoms with Crippen molar-refractivity contribution in [2.24, 2.45) is 0 Å². The fourth-order valence-electron chi connectivity index (χ4n) is 0.962. The van der Waals surface area contributed by atoms with E-state index < -0.39 is 6.10 Å². The van der Waals surface area contributed by atoms with Crippen molar-refractivity contribution in [3.63, 3.8) is 0 Å². The van der Waals surface area contributed by atoms with Gasteiger partial charge in [0, 0.05) is 11.8 Å². The van der Waals surface area contributed by atoms with E-state index in [-0.39, 0.29) is 23.9 Å². The standard InChI is InChI=1S/C8H9Cl2NO.Sn.2H/c1-4-8(10)7(5(2)12)6(9)3-11-4;;;/h3,5,12H,1-2H3;;;/t5-;;;/m1.../s1. The minimum atomic E-state index is -0.660. The maximum absolute atomic E-state index is 9.31. The van der Waals surface area contributed by atoms with Crippen LogP contribution in [0.15, 0.2) is 6.20 Å². The molecule has 0 aromatic carbocycles. The van der Waals surface area contributed by atoms with Gasteiger partial charge in [-0.3, -0.25) is 4.98 Å². The molecule has 0 amide bonds. The summed E-state index contributed by atoms with van der Waals surface area (Å²) < 4.78 is 0. The third kappa shape index (κ3) is 2.98. The average Bonchev–Trinajstić information content (AvgIpc) is 1.97. The van der Waals surface area contributed by atoms with Crippen LogP contribution in [-0.4, -0.2) is 34.0 Å². The van der Waals surface area contributed by atoms with E-state index in [1.807, 2.05) is 0 Å². The first-order valence-corrected chi connectivity index (χ1v) is 4.28. The maximum atomic E-state index is 9.31. The molecule has 0 spiro atoms. The van der Waals surface area contributed by atoms with E-state index in [4.69, 9.17) is 23.2 Å². The molecule has 0 saturated carbocycles. The molecule has 5 heteroatoms. The van der Waals surface area contributed by atoms with E-state index in [9.17, 15) is 5.11 Å². The van der Waals surface area contributed by atoms with Crippen LogP contribution in [0, 0.1) is 6.92 Å². The van der Waals surface area contributed by atoms with Gasteiger partial charge in [-0.15, -0.1) is 0 Å². The monoisotopic (exact) mass is 327 g/mol. The predicted octanol–water partition coefficient (Wildman–Crippen LogP) is 1.83. The summed E-state index contributed by atoms with van der Waals surface area (Å²) in [5.74, 6) is 0. The zero-order chi connectivity index (χ0) is 9.30. The van der Waals surface area contributed by atoms with Crippen molar-refractivity contribution in [2.75, 3.05) is 0 Å². The third-order valence-corrected chi connectivity index (χ3v) is 2.38. The summed E-state index contributed by atoms with van der Waals surface area (Å²) in [5.41, 5.74) is 1.22. The van der Waals surface area contributed by atoms with Crippen LogP contribution in [0.1, 0.15) is 24.3 Å². The third-order valence-electron chi connectivity index (χ3n) is 1.60. The molecule has 2 radical (unpaired) electrons. The van der Waals surface area contributed by atoms with Crippen molar-refractivity contribution in [2.45, 2.75) is 20.0 Å². The van der Waals surface area contributed by atoms with Gasteiger partial charge in [-0.1, -0.05) is 23.2 Å². The van der Waals surface area contributed by atoms with Crippen molar-refractivity contribution in [1.82, 2.24) is 4.98 Å². The number of aromatic nitrogens is 1. The molecule has 72 valence electrons. The molecular formula is C8H11Cl2NOSn. The number of aliphatic hydroxyl groups excluding tert-OH is 1. The van der Waals surface area contributed by atoms with Crippen LogP contribution >= 0.6 is 23.2 Å². The van der Waals surface area contributed by atoms with Crippen LogP contribution in [0.2, 0.25) is 10.0 Å². The van der Waals surface area contributed by atoms with Gasteiger partial charge in [0.05, 0.1) is 21.8 Å². The average molecular weight is 327 g/mol. The number of pyridine rings is 1. The van der Waals surface area contributed by atoms with Crippen molar-refractivity contribution in [3.05, 3.63) is 27.5 Å². The Kier molecular flexibility index (Phi) is 5.59. The Hall–Kier alpha value is 0.489. The summed E-state index contributed by atoms with van der Waals surface area (Å²) in [6.45, 7) is 3.39. The van der Waals surface area contributed by atoms with Crippen LogP contribution in [0.5, 0.6) is 0 Å². The first-order valence-electron chi connectivity index (χ1n) is 3.52. The molecule has 1 aromatic rings. The number of aryl methyl sites for hydroxylation is 1. The second-order valence-electron chi connectivity index (χ2n) is 2.60. The topological polar surface area (TPSA) is 33.1 Å². The SMILES string of the molecule is Cc1ncc(Cl)c([C@@H](C)O)c1Cl.[SnH2]. The van der Waals surface area contributed by atoms with Gasteiger partial charge in [-0.2, -0.15) is 0 Å². The molecule has 13 heavy (non-hydrogen) atoms. The van der Waals surface area contributed by atoms with Gasteiger partial charge in [-0.25, -0.2) is 0 Å². The number of hydrogen-bond donors (Lipinski definition) is 1. The fourth-order valence-corrected chi connectivity index (χ4v) is 1.62. The van der Waals surface area contributed by atoms with Gasteiger partial charge in [0.2, 0.25) is 0 Å². The molecule has 0 unspecified atom stereocenters. The zero-order valence-electron chi connectivity index (χ0n) is 7.51. The molecule has 2 nitrogen and oxygen atoms in total. The summed E-state index contributed by atoms with van der Waals surface area (Å²) in [5, 5.41) is 10.2. The van der Waals surface area contributed by atoms with Crippen molar-refractivity contribution in [3.8, 4) is 0 Å². The normalized spacial score (nSPS) is 12.1. The van der Waals surface area contributed by atoms with Gasteiger partial charge in [0.15, 0.2) is 0 Å². The van der Waals surface area contributed by atoms with E-state index in [0.29, 0.717) is 21.3 Å². The summed E-state index contributed by atoms with van der Waals surface area (Å²) in [7, 11) is 0. The number of nitrogens with zero attached hydrogens (tertiary/aromatic N) is 1. The summed E-state index contributed by atoms with van der Waals surface area (Å²) >= 11 is 11.7. The molecule has 0 aliphatic heterocycles. The summed E-state index contributed by atoms with van der Waals surface area (Å²) in [4.78, 5) is 3.95. The Bertz CT molecular complexity index is 304. The number of rotatable bonds is 1. The number of hydrogen-bond acceptors (Lipinski definition) is 2. The van der Waals surface area contributed by atoms with Crippen LogP contribution in [-0.2, 0) is 0 Å². The predicted molar refractivity (Wildman–Crippen MR) is 58.2 cm³/mol. The van der Waals surface area contributed by atoms with Gasteiger partial charge in [0.1, 0.15) is 0 Å². The van der Waals surface area contributed by atoms with E-state index in [1.54, 1.807) is 13.8 Å². The molecule has 0 fully saturated rings. The number of halogens is 2. The molecule has 0 bridgehead atoms. The van der Waals surface area contributed by atoms with Gasteiger partial charge >= 0.3 is 23.9 Å². The fraction of sp³-hybridized carbons (Fsp3) is 0.375. The molecular weight excluding hydrogens is 316 g/mol. The summed E-state index contributed by atoms with van der Waals surface area (Å²) in [6.07, 6.45) is 0.830. The molecule has 1 aromatic heterocycles. The molecule has 1 heterocycles. The molecule has 1 atom stereocenters. The van der Waals surface area contributed by atoms with Crippen molar-refractivity contribution >= 4 is 47.1 Å². The molecule has 0 saturated heterocycles. The Morgan fingerprint density at radius 2 is 2.00 bits per heavy atom. The summed E-state index contributed by atoms with van der Waals surface area (Å²) in [6, 6.07) is 0. The van der Waals surface area contributed by atoms with Crippen LogP contribution < -0.4 is 0 Å². The van der Waals surface area contributed by atoms with Crippen molar-refractivity contribution < 1.29 is 5.11 Å². The number of aliphatic hydroxyl groups is 1. The van der Waals surface area contributed by atoms with Gasteiger partial charge in [-0.05, 0) is 13.8 Å². The zero-order valence-corrected chi connectivity index (χ0v) is 13.1. The van der Waals surface area contributed by atoms with Crippen molar-refractivity contribution in [1.29, 1.82) is 0 Å². The Labute approximate surface area is 104 Å². The Balaban J connectivity index is 0.00000144. The second kappa shape index (κ2) is 5.39. The Morgan fingerprint density at radius 3 is 2.38 bits per heavy atom. The van der Waals surface area contributed by atoms with Crippen LogP contribution in [0.3, 0.4) is 0 Å². The van der Waals surface area contributed by atoms with Crippen LogP contribution in [0.4, 0.5) is 0 Å². The quantitative estimate of drug-likeness (QED) is 0.799. The van der Waals surface area contributed by atoms with E-state index in [0.717, 1.165) is 0 Å². The molecule has 1 rings (SSSR count). The minimum absolute atomic E-state index is 0. The Morgan fingerprint density at radius 1 is 1.46 bits per heavy atom. The molecule has 1 N–H and O–H groups in total. The molecule has 0 aliphatic carbocycles. The van der Waals surface area contributed by atoms with E-state index in [1.165, 1.54) is 6.20 Å². The van der Waals surface area contributed by atoms with Gasteiger partial charge in [0.25, 0.3) is 0 Å². The van der Waals surface area contributed by atoms with E-state index >= 15 is 0 Å². The van der Waals surface area contributed by atoms with Crippen LogP contribution in [0.25, 0.3) is 0 Å². The second-order valence-corrected chi connectivity index (χ2v) is 3.38. The first-order chi connectivity index (χ1) is 5.54. The van der Waals surface area contributed by atoms with E-state index in [2.05, 4.69) is 4.98 Å². The molecule has 0 aliphatic rings. The first kappa shape index (κ1) is 13.5. The van der Waals surface area contributed by atoms with Gasteiger partial charge < -0.3 is 5.11 Å².